The number of aromatic amines is 1. The minimum atomic E-state index is -0.426. The first-order chi connectivity index (χ1) is 14.1. The number of anilines is 1. The van der Waals surface area contributed by atoms with Gasteiger partial charge in [0.15, 0.2) is 0 Å². The second-order valence-electron chi connectivity index (χ2n) is 6.27. The van der Waals surface area contributed by atoms with E-state index >= 15 is 0 Å². The van der Waals surface area contributed by atoms with E-state index in [-0.39, 0.29) is 11.5 Å². The molecule has 4 rings (SSSR count). The summed E-state index contributed by atoms with van der Waals surface area (Å²) in [4.78, 5) is 18.6. The Morgan fingerprint density at radius 2 is 1.79 bits per heavy atom. The first-order valence-corrected chi connectivity index (χ1v) is 8.89. The van der Waals surface area contributed by atoms with Gasteiger partial charge in [0, 0.05) is 30.6 Å². The van der Waals surface area contributed by atoms with Crippen LogP contribution >= 0.6 is 0 Å². The molecule has 4 aromatic rings. The minimum absolute atomic E-state index is 0.284. The lowest BCUT2D eigenvalue weighted by Crippen LogP contribution is -2.26. The van der Waals surface area contributed by atoms with Crippen LogP contribution in [-0.4, -0.2) is 28.1 Å². The number of carbonyl (C=O) groups is 1. The van der Waals surface area contributed by atoms with E-state index in [9.17, 15) is 9.18 Å². The molecule has 1 amide bonds. The maximum Gasteiger partial charge on any atom is 0.261 e. The minimum Gasteiger partial charge on any atom is -0.439 e. The van der Waals surface area contributed by atoms with E-state index < -0.39 is 5.82 Å². The zero-order valence-electron chi connectivity index (χ0n) is 15.5. The average molecular weight is 388 g/mol. The highest BCUT2D eigenvalue weighted by atomic mass is 19.1. The van der Waals surface area contributed by atoms with Crippen LogP contribution in [0.25, 0.3) is 11.3 Å². The number of pyridine rings is 1. The van der Waals surface area contributed by atoms with Crippen molar-refractivity contribution in [3.05, 3.63) is 90.5 Å². The molecular formula is C22H17FN4O2. The Bertz CT molecular complexity index is 1130. The first-order valence-electron chi connectivity index (χ1n) is 8.89. The predicted octanol–water partition coefficient (Wildman–Crippen LogP) is 4.68. The first kappa shape index (κ1) is 18.4. The highest BCUT2D eigenvalue weighted by Crippen LogP contribution is 2.27. The summed E-state index contributed by atoms with van der Waals surface area (Å²) in [5.41, 5.74) is 1.58. The molecule has 0 aliphatic carbocycles. The van der Waals surface area contributed by atoms with Gasteiger partial charge >= 0.3 is 0 Å². The monoisotopic (exact) mass is 388 g/mol. The van der Waals surface area contributed by atoms with Crippen molar-refractivity contribution >= 4 is 11.6 Å². The van der Waals surface area contributed by atoms with Crippen molar-refractivity contribution in [3.63, 3.8) is 0 Å². The average Bonchev–Trinajstić information content (AvgIpc) is 3.24. The maximum absolute atomic E-state index is 14.2. The number of halogens is 1. The van der Waals surface area contributed by atoms with Gasteiger partial charge in [-0.05, 0) is 42.5 Å². The van der Waals surface area contributed by atoms with Crippen LogP contribution < -0.4 is 9.64 Å². The van der Waals surface area contributed by atoms with Crippen LogP contribution in [0, 0.1) is 5.82 Å². The van der Waals surface area contributed by atoms with Crippen LogP contribution in [0.1, 0.15) is 10.4 Å². The molecular weight excluding hydrogens is 371 g/mol. The van der Waals surface area contributed by atoms with Crippen LogP contribution in [0.3, 0.4) is 0 Å². The van der Waals surface area contributed by atoms with E-state index in [0.717, 1.165) is 0 Å². The predicted molar refractivity (Wildman–Crippen MR) is 107 cm³/mol. The number of benzene rings is 2. The Kier molecular flexibility index (Phi) is 5.03. The molecule has 29 heavy (non-hydrogen) atoms. The Hall–Kier alpha value is -4.00. The van der Waals surface area contributed by atoms with Gasteiger partial charge in [-0.25, -0.2) is 9.37 Å². The summed E-state index contributed by atoms with van der Waals surface area (Å²) in [6, 6.07) is 18.7. The third-order valence-electron chi connectivity index (χ3n) is 4.40. The Morgan fingerprint density at radius 1 is 1.03 bits per heavy atom. The summed E-state index contributed by atoms with van der Waals surface area (Å²) in [5.74, 6) is 0.348. The second kappa shape index (κ2) is 7.93. The summed E-state index contributed by atoms with van der Waals surface area (Å²) < 4.78 is 19.8. The molecule has 0 atom stereocenters. The summed E-state index contributed by atoms with van der Waals surface area (Å²) in [6.07, 6.45) is 3.05. The van der Waals surface area contributed by atoms with Gasteiger partial charge in [-0.1, -0.05) is 18.2 Å². The number of rotatable bonds is 5. The lowest BCUT2D eigenvalue weighted by molar-refractivity contribution is 0.0993. The van der Waals surface area contributed by atoms with Gasteiger partial charge in [-0.3, -0.25) is 9.89 Å². The van der Waals surface area contributed by atoms with Crippen molar-refractivity contribution in [3.8, 4) is 22.9 Å². The fraction of sp³-hybridized carbons (Fsp3) is 0.0455. The highest BCUT2D eigenvalue weighted by Gasteiger charge is 2.21. The number of H-pyrrole nitrogens is 1. The maximum atomic E-state index is 14.2. The molecule has 7 heteroatoms. The van der Waals surface area contributed by atoms with E-state index in [0.29, 0.717) is 28.6 Å². The number of amides is 1. The number of carbonyl (C=O) groups excluding carboxylic acids is 1. The Morgan fingerprint density at radius 3 is 2.52 bits per heavy atom. The molecule has 0 aliphatic rings. The van der Waals surface area contributed by atoms with E-state index in [4.69, 9.17) is 4.74 Å². The van der Waals surface area contributed by atoms with Crippen molar-refractivity contribution in [2.45, 2.75) is 0 Å². The number of aromatic nitrogens is 3. The summed E-state index contributed by atoms with van der Waals surface area (Å²) in [5, 5.41) is 6.65. The highest BCUT2D eigenvalue weighted by molar-refractivity contribution is 6.09. The van der Waals surface area contributed by atoms with Crippen LogP contribution in [0.4, 0.5) is 10.1 Å². The number of hydrogen-bond acceptors (Lipinski definition) is 4. The van der Waals surface area contributed by atoms with Crippen molar-refractivity contribution in [2.75, 3.05) is 11.9 Å². The summed E-state index contributed by atoms with van der Waals surface area (Å²) >= 11 is 0. The van der Waals surface area contributed by atoms with Gasteiger partial charge in [0.05, 0.1) is 17.5 Å². The molecule has 0 bridgehead atoms. The largest absolute Gasteiger partial charge is 0.439 e. The van der Waals surface area contributed by atoms with E-state index in [2.05, 4.69) is 15.2 Å². The molecule has 2 heterocycles. The summed E-state index contributed by atoms with van der Waals surface area (Å²) in [6.45, 7) is 0. The molecule has 0 unspecified atom stereocenters. The van der Waals surface area contributed by atoms with Gasteiger partial charge in [0.2, 0.25) is 5.88 Å². The van der Waals surface area contributed by atoms with Crippen LogP contribution in [0.15, 0.2) is 79.1 Å². The number of nitrogens with one attached hydrogen (secondary N) is 1. The molecule has 0 saturated carbocycles. The SMILES string of the molecule is CN(C(=O)c1cn[nH]c1-c1ccccc1F)c1ccc(Oc2ccccn2)cc1. The van der Waals surface area contributed by atoms with Crippen molar-refractivity contribution in [1.29, 1.82) is 0 Å². The standard InChI is InChI=1S/C22H17FN4O2/c1-27(15-9-11-16(12-10-15)29-20-8-4-5-13-24-20)22(28)18-14-25-26-21(18)17-6-2-3-7-19(17)23/h2-14H,1H3,(H,25,26). The Labute approximate surface area is 166 Å². The molecule has 6 nitrogen and oxygen atoms in total. The lowest BCUT2D eigenvalue weighted by Gasteiger charge is -2.18. The van der Waals surface area contributed by atoms with Crippen molar-refractivity contribution in [1.82, 2.24) is 15.2 Å². The number of hydrogen-bond donors (Lipinski definition) is 1. The molecule has 2 aromatic carbocycles. The molecule has 144 valence electrons. The van der Waals surface area contributed by atoms with Gasteiger partial charge in [0.25, 0.3) is 5.91 Å². The fourth-order valence-corrected chi connectivity index (χ4v) is 2.88. The van der Waals surface area contributed by atoms with E-state index in [1.54, 1.807) is 61.8 Å². The third kappa shape index (κ3) is 3.84. The molecule has 0 fully saturated rings. The number of ether oxygens (including phenoxy) is 1. The quantitative estimate of drug-likeness (QED) is 0.539. The number of nitrogens with zero attached hydrogens (tertiary/aromatic N) is 3. The second-order valence-corrected chi connectivity index (χ2v) is 6.27. The fourth-order valence-electron chi connectivity index (χ4n) is 2.88. The van der Waals surface area contributed by atoms with E-state index in [1.807, 2.05) is 12.1 Å². The van der Waals surface area contributed by atoms with E-state index in [1.165, 1.54) is 17.2 Å². The lowest BCUT2D eigenvalue weighted by atomic mass is 10.1. The van der Waals surface area contributed by atoms with Crippen LogP contribution in [0.5, 0.6) is 11.6 Å². The van der Waals surface area contributed by atoms with Crippen LogP contribution in [0.2, 0.25) is 0 Å². The third-order valence-corrected chi connectivity index (χ3v) is 4.40. The molecule has 0 saturated heterocycles. The smallest absolute Gasteiger partial charge is 0.261 e. The van der Waals surface area contributed by atoms with Crippen molar-refractivity contribution in [2.24, 2.45) is 0 Å². The van der Waals surface area contributed by atoms with Gasteiger partial charge in [-0.15, -0.1) is 0 Å². The van der Waals surface area contributed by atoms with Crippen LogP contribution in [-0.2, 0) is 0 Å². The molecule has 0 spiro atoms. The van der Waals surface area contributed by atoms with Crippen molar-refractivity contribution < 1.29 is 13.9 Å². The van der Waals surface area contributed by atoms with Gasteiger partial charge in [-0.2, -0.15) is 5.10 Å². The molecule has 0 aliphatic heterocycles. The molecule has 2 aromatic heterocycles. The zero-order chi connectivity index (χ0) is 20.2. The van der Waals surface area contributed by atoms with Gasteiger partial charge in [0.1, 0.15) is 11.6 Å². The molecule has 1 N–H and O–H groups in total. The normalized spacial score (nSPS) is 10.6. The topological polar surface area (TPSA) is 71.1 Å². The zero-order valence-corrected chi connectivity index (χ0v) is 15.5. The Balaban J connectivity index is 1.55. The summed E-state index contributed by atoms with van der Waals surface area (Å²) in [7, 11) is 1.65. The molecule has 0 radical (unpaired) electrons. The van der Waals surface area contributed by atoms with Gasteiger partial charge < -0.3 is 9.64 Å².